The molecule has 0 aliphatic carbocycles. The molecule has 23 heavy (non-hydrogen) atoms. The molecule has 0 aromatic heterocycles. The highest BCUT2D eigenvalue weighted by Gasteiger charge is 2.22. The summed E-state index contributed by atoms with van der Waals surface area (Å²) in [5.74, 6) is 0.122. The molecular weight excluding hydrogens is 333 g/mol. The molecule has 0 saturated heterocycles. The van der Waals surface area contributed by atoms with Gasteiger partial charge in [-0.15, -0.1) is 24.8 Å². The fourth-order valence-electron chi connectivity index (χ4n) is 2.94. The third-order valence-corrected chi connectivity index (χ3v) is 4.29. The number of nitrogens with two attached hydrogens (primary N) is 1. The smallest absolute Gasteiger partial charge is 0.220 e. The number of nitrogens with zero attached hydrogens (tertiary/aromatic N) is 1. The van der Waals surface area contributed by atoms with Crippen LogP contribution in [0, 0.1) is 0 Å². The summed E-state index contributed by atoms with van der Waals surface area (Å²) in [6.07, 6.45) is 3.46. The van der Waals surface area contributed by atoms with Crippen LogP contribution in [0.3, 0.4) is 0 Å². The summed E-state index contributed by atoms with van der Waals surface area (Å²) in [5.41, 5.74) is 8.33. The van der Waals surface area contributed by atoms with Gasteiger partial charge in [0.15, 0.2) is 0 Å². The number of nitrogens with one attached hydrogen (secondary N) is 1. The van der Waals surface area contributed by atoms with Gasteiger partial charge in [-0.2, -0.15) is 0 Å². The number of benzene rings is 1. The van der Waals surface area contributed by atoms with E-state index in [1.54, 1.807) is 0 Å². The fourth-order valence-corrected chi connectivity index (χ4v) is 2.94. The van der Waals surface area contributed by atoms with E-state index in [1.807, 2.05) is 0 Å². The van der Waals surface area contributed by atoms with Gasteiger partial charge in [-0.1, -0.05) is 31.2 Å². The molecule has 1 aromatic carbocycles. The lowest BCUT2D eigenvalue weighted by Crippen LogP contribution is -2.45. The molecule has 0 fully saturated rings. The van der Waals surface area contributed by atoms with E-state index in [4.69, 9.17) is 5.73 Å². The van der Waals surface area contributed by atoms with Crippen molar-refractivity contribution in [2.45, 2.75) is 45.2 Å². The molecule has 0 bridgehead atoms. The van der Waals surface area contributed by atoms with Gasteiger partial charge < -0.3 is 11.1 Å². The van der Waals surface area contributed by atoms with Crippen LogP contribution in [0.4, 0.5) is 0 Å². The molecule has 0 saturated carbocycles. The maximum absolute atomic E-state index is 11.7. The first-order valence-corrected chi connectivity index (χ1v) is 8.02. The summed E-state index contributed by atoms with van der Waals surface area (Å²) < 4.78 is 0. The zero-order valence-corrected chi connectivity index (χ0v) is 15.4. The quantitative estimate of drug-likeness (QED) is 0.784. The summed E-state index contributed by atoms with van der Waals surface area (Å²) in [7, 11) is 0. The van der Waals surface area contributed by atoms with Gasteiger partial charge in [-0.05, 0) is 36.9 Å². The zero-order chi connectivity index (χ0) is 15.1. The van der Waals surface area contributed by atoms with E-state index < -0.39 is 0 Å². The van der Waals surface area contributed by atoms with Crippen LogP contribution in [0.15, 0.2) is 24.3 Å². The van der Waals surface area contributed by atoms with E-state index in [-0.39, 0.29) is 30.7 Å². The number of rotatable bonds is 7. The van der Waals surface area contributed by atoms with Gasteiger partial charge in [0.2, 0.25) is 5.91 Å². The molecule has 2 rings (SSSR count). The molecule has 132 valence electrons. The highest BCUT2D eigenvalue weighted by Crippen LogP contribution is 2.21. The predicted molar refractivity (Wildman–Crippen MR) is 100 cm³/mol. The molecule has 3 N–H and O–H groups in total. The van der Waals surface area contributed by atoms with E-state index in [2.05, 4.69) is 41.4 Å². The average Bonchev–Trinajstić information content (AvgIpc) is 2.53. The Balaban J connectivity index is 0.00000242. The van der Waals surface area contributed by atoms with Crippen molar-refractivity contribution in [2.75, 3.05) is 19.6 Å². The van der Waals surface area contributed by atoms with Gasteiger partial charge in [-0.25, -0.2) is 0 Å². The summed E-state index contributed by atoms with van der Waals surface area (Å²) in [4.78, 5) is 14.2. The van der Waals surface area contributed by atoms with Crippen LogP contribution in [-0.2, 0) is 17.8 Å². The van der Waals surface area contributed by atoms with E-state index in [9.17, 15) is 4.79 Å². The maximum Gasteiger partial charge on any atom is 0.220 e. The number of hydrogen-bond acceptors (Lipinski definition) is 3. The van der Waals surface area contributed by atoms with Crippen molar-refractivity contribution >= 4 is 30.7 Å². The molecule has 1 aliphatic heterocycles. The topological polar surface area (TPSA) is 58.4 Å². The second-order valence-electron chi connectivity index (χ2n) is 5.75. The van der Waals surface area contributed by atoms with Crippen molar-refractivity contribution in [3.8, 4) is 0 Å². The molecule has 1 atom stereocenters. The summed E-state index contributed by atoms with van der Waals surface area (Å²) in [6, 6.07) is 9.08. The normalized spacial score (nSPS) is 14.9. The Kier molecular flexibility index (Phi) is 11.3. The van der Waals surface area contributed by atoms with Crippen LogP contribution in [0.2, 0.25) is 0 Å². The highest BCUT2D eigenvalue weighted by atomic mass is 35.5. The van der Waals surface area contributed by atoms with Crippen LogP contribution in [0.25, 0.3) is 0 Å². The highest BCUT2D eigenvalue weighted by molar-refractivity contribution is 5.85. The largest absolute Gasteiger partial charge is 0.355 e. The lowest BCUT2D eigenvalue weighted by molar-refractivity contribution is -0.121. The Hall–Kier alpha value is -0.810. The Bertz CT molecular complexity index is 471. The van der Waals surface area contributed by atoms with Crippen LogP contribution < -0.4 is 11.1 Å². The van der Waals surface area contributed by atoms with E-state index >= 15 is 0 Å². The van der Waals surface area contributed by atoms with E-state index in [0.717, 1.165) is 38.9 Å². The van der Waals surface area contributed by atoms with Crippen LogP contribution in [0.1, 0.15) is 37.3 Å². The second kappa shape index (κ2) is 11.7. The molecular formula is C17H29Cl2N3O. The first kappa shape index (κ1) is 22.2. The van der Waals surface area contributed by atoms with E-state index in [0.29, 0.717) is 19.0 Å². The summed E-state index contributed by atoms with van der Waals surface area (Å²) in [6.45, 7) is 5.58. The monoisotopic (exact) mass is 361 g/mol. The lowest BCUT2D eigenvalue weighted by Gasteiger charge is -2.35. The molecule has 4 nitrogen and oxygen atoms in total. The van der Waals surface area contributed by atoms with Crippen molar-refractivity contribution in [2.24, 2.45) is 5.73 Å². The third-order valence-electron chi connectivity index (χ3n) is 4.29. The number of fused-ring (bicyclic) bond motifs is 1. The number of carbonyl (C=O) groups is 1. The first-order valence-electron chi connectivity index (χ1n) is 8.02. The molecule has 6 heteroatoms. The summed E-state index contributed by atoms with van der Waals surface area (Å²) in [5, 5.41) is 3.05. The maximum atomic E-state index is 11.7. The van der Waals surface area contributed by atoms with Gasteiger partial charge >= 0.3 is 0 Å². The molecule has 1 amide bonds. The minimum atomic E-state index is 0. The second-order valence-corrected chi connectivity index (χ2v) is 5.75. The predicted octanol–water partition coefficient (Wildman–Crippen LogP) is 2.52. The molecule has 1 aromatic rings. The lowest BCUT2D eigenvalue weighted by atomic mass is 9.98. The minimum absolute atomic E-state index is 0. The number of hydrogen-bond donors (Lipinski definition) is 2. The van der Waals surface area contributed by atoms with Crippen molar-refractivity contribution in [1.82, 2.24) is 10.2 Å². The molecule has 0 radical (unpaired) electrons. The molecule has 1 aliphatic rings. The summed E-state index contributed by atoms with van der Waals surface area (Å²) >= 11 is 0. The van der Waals surface area contributed by atoms with Crippen LogP contribution in [0.5, 0.6) is 0 Å². The van der Waals surface area contributed by atoms with Gasteiger partial charge in [0, 0.05) is 32.1 Å². The fraction of sp³-hybridized carbons (Fsp3) is 0.588. The van der Waals surface area contributed by atoms with Gasteiger partial charge in [0.25, 0.3) is 0 Å². The van der Waals surface area contributed by atoms with Crippen LogP contribution >= 0.6 is 24.8 Å². The Morgan fingerprint density at radius 1 is 1.30 bits per heavy atom. The molecule has 0 spiro atoms. The zero-order valence-electron chi connectivity index (χ0n) is 13.8. The molecule has 1 heterocycles. The van der Waals surface area contributed by atoms with Crippen LogP contribution in [-0.4, -0.2) is 36.5 Å². The third kappa shape index (κ3) is 6.68. The number of carbonyl (C=O) groups excluding carboxylic acids is 1. The van der Waals surface area contributed by atoms with Gasteiger partial charge in [0.05, 0.1) is 0 Å². The van der Waals surface area contributed by atoms with Crippen molar-refractivity contribution in [1.29, 1.82) is 0 Å². The van der Waals surface area contributed by atoms with Crippen molar-refractivity contribution < 1.29 is 4.79 Å². The van der Waals surface area contributed by atoms with Crippen molar-refractivity contribution in [3.63, 3.8) is 0 Å². The number of amides is 1. The molecule has 1 unspecified atom stereocenters. The first-order chi connectivity index (χ1) is 10.2. The minimum Gasteiger partial charge on any atom is -0.355 e. The van der Waals surface area contributed by atoms with E-state index in [1.165, 1.54) is 11.1 Å². The van der Waals surface area contributed by atoms with Gasteiger partial charge in [0.1, 0.15) is 0 Å². The Morgan fingerprint density at radius 3 is 2.65 bits per heavy atom. The Labute approximate surface area is 152 Å². The SMILES string of the molecule is CCC(CNC(=O)CCCN)N1CCc2ccccc2C1.Cl.Cl. The van der Waals surface area contributed by atoms with Gasteiger partial charge in [-0.3, -0.25) is 9.69 Å². The Morgan fingerprint density at radius 2 is 2.00 bits per heavy atom. The average molecular weight is 362 g/mol. The standard InChI is InChI=1S/C17H27N3O.2ClH/c1-2-16(12-19-17(21)8-5-10-18)20-11-9-14-6-3-4-7-15(14)13-20;;/h3-4,6-7,16H,2,5,8-13,18H2,1H3,(H,19,21);2*1H. The number of halogens is 2. The van der Waals surface area contributed by atoms with Crippen molar-refractivity contribution in [3.05, 3.63) is 35.4 Å².